The summed E-state index contributed by atoms with van der Waals surface area (Å²) in [4.78, 5) is 4.33. The van der Waals surface area contributed by atoms with E-state index in [2.05, 4.69) is 24.1 Å². The maximum Gasteiger partial charge on any atom is 0.293 e. The molecule has 1 aromatic carbocycles. The quantitative estimate of drug-likeness (QED) is 0.802. The number of aryl methyl sites for hydroxylation is 1. The van der Waals surface area contributed by atoms with Gasteiger partial charge in [-0.1, -0.05) is 31.2 Å². The van der Waals surface area contributed by atoms with Crippen molar-refractivity contribution >= 4 is 5.84 Å². The molecule has 0 aromatic heterocycles. The molecule has 1 aliphatic heterocycles. The van der Waals surface area contributed by atoms with Gasteiger partial charge >= 0.3 is 0 Å². The highest BCUT2D eigenvalue weighted by Gasteiger charge is 2.93. The van der Waals surface area contributed by atoms with E-state index >= 15 is 0 Å². The maximum absolute atomic E-state index is 10.1. The van der Waals surface area contributed by atoms with Crippen molar-refractivity contribution in [3.05, 3.63) is 35.4 Å². The van der Waals surface area contributed by atoms with Crippen LogP contribution in [0.2, 0.25) is 0 Å². The largest absolute Gasteiger partial charge is 0.386 e. The third-order valence-corrected chi connectivity index (χ3v) is 5.33. The second-order valence-corrected chi connectivity index (χ2v) is 6.31. The first-order valence-electron chi connectivity index (χ1n) is 8.58. The van der Waals surface area contributed by atoms with E-state index in [-0.39, 0.29) is 5.84 Å². The molecule has 0 bridgehead atoms. The second kappa shape index (κ2) is 5.84. The van der Waals surface area contributed by atoms with Crippen LogP contribution in [0.15, 0.2) is 29.3 Å². The minimum Gasteiger partial charge on any atom is -0.386 e. The molecule has 0 saturated heterocycles. The lowest BCUT2D eigenvalue weighted by atomic mass is 9.93. The second-order valence-electron chi connectivity index (χ2n) is 6.31. The number of nitriles is 2. The predicted octanol–water partition coefficient (Wildman–Crippen LogP) is 2.46. The molecule has 130 valence electrons. The third kappa shape index (κ3) is 1.87. The Labute approximate surface area is 147 Å². The van der Waals surface area contributed by atoms with Crippen molar-refractivity contribution in [2.24, 2.45) is 21.6 Å². The average molecular weight is 338 g/mol. The maximum atomic E-state index is 10.1. The first kappa shape index (κ1) is 17.4. The van der Waals surface area contributed by atoms with E-state index in [1.54, 1.807) is 13.8 Å². The van der Waals surface area contributed by atoms with Gasteiger partial charge < -0.3 is 15.2 Å². The summed E-state index contributed by atoms with van der Waals surface area (Å²) in [6.07, 6.45) is 0.920. The van der Waals surface area contributed by atoms with Gasteiger partial charge in [-0.15, -0.1) is 0 Å². The fourth-order valence-corrected chi connectivity index (χ4v) is 4.20. The zero-order chi connectivity index (χ0) is 18.3. The van der Waals surface area contributed by atoms with Gasteiger partial charge in [0.1, 0.15) is 11.3 Å². The summed E-state index contributed by atoms with van der Waals surface area (Å²) in [7, 11) is 0. The molecule has 6 nitrogen and oxygen atoms in total. The predicted molar refractivity (Wildman–Crippen MR) is 92.3 cm³/mol. The zero-order valence-corrected chi connectivity index (χ0v) is 14.7. The highest BCUT2D eigenvalue weighted by molar-refractivity contribution is 6.00. The number of hydrogen-bond acceptors (Lipinski definition) is 6. The molecule has 3 unspecified atom stereocenters. The van der Waals surface area contributed by atoms with Gasteiger partial charge in [0, 0.05) is 19.1 Å². The standard InChI is InChI=1S/C19H22N4O2/c1-4-13-7-9-14(10-8-13)15-17(11-20)16(22)23-19(24-5-2,25-6-3)18(15,17)12-21/h7-10,15H,4-6H2,1-3H3,(H2,22,23). The Hall–Kier alpha value is -2.41. The fraction of sp³-hybridized carbons (Fsp3) is 0.526. The Morgan fingerprint density at radius 2 is 1.68 bits per heavy atom. The van der Waals surface area contributed by atoms with Crippen molar-refractivity contribution in [3.8, 4) is 12.1 Å². The molecule has 1 aromatic rings. The van der Waals surface area contributed by atoms with Gasteiger partial charge in [-0.2, -0.15) is 10.5 Å². The first-order chi connectivity index (χ1) is 12.0. The summed E-state index contributed by atoms with van der Waals surface area (Å²) >= 11 is 0. The first-order valence-corrected chi connectivity index (χ1v) is 8.58. The molecule has 25 heavy (non-hydrogen) atoms. The van der Waals surface area contributed by atoms with E-state index in [0.29, 0.717) is 13.2 Å². The summed E-state index contributed by atoms with van der Waals surface area (Å²) < 4.78 is 11.6. The molecule has 1 saturated carbocycles. The van der Waals surface area contributed by atoms with Crippen LogP contribution in [-0.2, 0) is 15.9 Å². The molecule has 1 aliphatic carbocycles. The third-order valence-electron chi connectivity index (χ3n) is 5.33. The number of rotatable bonds is 6. The SMILES string of the molecule is CCOC1(OCC)N=C(N)C2(C#N)C(c3ccc(CC)cc3)C12C#N. The van der Waals surface area contributed by atoms with Crippen LogP contribution in [0.1, 0.15) is 37.8 Å². The molecule has 1 heterocycles. The summed E-state index contributed by atoms with van der Waals surface area (Å²) in [5.41, 5.74) is 5.73. The lowest BCUT2D eigenvalue weighted by Gasteiger charge is -2.31. The van der Waals surface area contributed by atoms with Gasteiger partial charge in [0.2, 0.25) is 0 Å². The Balaban J connectivity index is 2.17. The van der Waals surface area contributed by atoms with Crippen LogP contribution in [-0.4, -0.2) is 25.0 Å². The molecular weight excluding hydrogens is 316 g/mol. The molecular formula is C19H22N4O2. The Morgan fingerprint density at radius 1 is 1.08 bits per heavy atom. The minimum absolute atomic E-state index is 0.114. The Kier molecular flexibility index (Phi) is 4.07. The van der Waals surface area contributed by atoms with Gasteiger partial charge in [-0.05, 0) is 31.4 Å². The smallest absolute Gasteiger partial charge is 0.293 e. The van der Waals surface area contributed by atoms with Crippen molar-refractivity contribution < 1.29 is 9.47 Å². The Bertz CT molecular complexity index is 783. The van der Waals surface area contributed by atoms with Crippen molar-refractivity contribution in [2.75, 3.05) is 13.2 Å². The van der Waals surface area contributed by atoms with Crippen LogP contribution < -0.4 is 5.73 Å². The van der Waals surface area contributed by atoms with Crippen molar-refractivity contribution in [1.82, 2.24) is 0 Å². The highest BCUT2D eigenvalue weighted by atomic mass is 16.7. The normalized spacial score (nSPS) is 31.6. The van der Waals surface area contributed by atoms with E-state index in [0.717, 1.165) is 12.0 Å². The lowest BCUT2D eigenvalue weighted by molar-refractivity contribution is -0.255. The van der Waals surface area contributed by atoms with Crippen molar-refractivity contribution in [1.29, 1.82) is 10.5 Å². The van der Waals surface area contributed by atoms with Gasteiger partial charge in [-0.3, -0.25) is 0 Å². The molecule has 2 aliphatic rings. The van der Waals surface area contributed by atoms with Crippen LogP contribution in [0.4, 0.5) is 0 Å². The molecule has 1 fully saturated rings. The molecule has 0 amide bonds. The highest BCUT2D eigenvalue weighted by Crippen LogP contribution is 2.81. The number of ether oxygens (including phenoxy) is 2. The summed E-state index contributed by atoms with van der Waals surface area (Å²) in [5, 5.41) is 20.1. The van der Waals surface area contributed by atoms with E-state index in [1.165, 1.54) is 5.56 Å². The summed E-state index contributed by atoms with van der Waals surface area (Å²) in [6.45, 7) is 6.27. The van der Waals surface area contributed by atoms with E-state index < -0.39 is 22.7 Å². The molecule has 3 atom stereocenters. The minimum atomic E-state index is -1.54. The molecule has 2 N–H and O–H groups in total. The number of nitrogens with two attached hydrogens (primary N) is 1. The lowest BCUT2D eigenvalue weighted by Crippen LogP contribution is -2.43. The number of nitrogens with zero attached hydrogens (tertiary/aromatic N) is 3. The monoisotopic (exact) mass is 338 g/mol. The van der Waals surface area contributed by atoms with Crippen LogP contribution in [0.5, 0.6) is 0 Å². The van der Waals surface area contributed by atoms with E-state index in [9.17, 15) is 10.5 Å². The molecule has 0 spiro atoms. The van der Waals surface area contributed by atoms with E-state index in [4.69, 9.17) is 15.2 Å². The van der Waals surface area contributed by atoms with Crippen molar-refractivity contribution in [3.63, 3.8) is 0 Å². The number of hydrogen-bond donors (Lipinski definition) is 1. The molecule has 6 heteroatoms. The van der Waals surface area contributed by atoms with E-state index in [1.807, 2.05) is 24.3 Å². The van der Waals surface area contributed by atoms with Crippen LogP contribution in [0.3, 0.4) is 0 Å². The topological polar surface area (TPSA) is 104 Å². The van der Waals surface area contributed by atoms with Crippen LogP contribution in [0.25, 0.3) is 0 Å². The molecule has 3 rings (SSSR count). The Morgan fingerprint density at radius 3 is 2.12 bits per heavy atom. The van der Waals surface area contributed by atoms with Crippen molar-refractivity contribution in [2.45, 2.75) is 39.0 Å². The number of fused-ring (bicyclic) bond motifs is 1. The number of aliphatic imine (C=N–C) groups is 1. The van der Waals surface area contributed by atoms with Gasteiger partial charge in [0.05, 0.1) is 12.1 Å². The zero-order valence-electron chi connectivity index (χ0n) is 14.7. The van der Waals surface area contributed by atoms with Crippen LogP contribution in [0, 0.1) is 33.5 Å². The van der Waals surface area contributed by atoms with Crippen LogP contribution >= 0.6 is 0 Å². The molecule has 0 radical (unpaired) electrons. The average Bonchev–Trinajstić information content (AvgIpc) is 3.21. The number of benzene rings is 1. The summed E-state index contributed by atoms with van der Waals surface area (Å²) in [6, 6.07) is 12.5. The number of amidine groups is 1. The van der Waals surface area contributed by atoms with Gasteiger partial charge in [0.25, 0.3) is 5.91 Å². The fourth-order valence-electron chi connectivity index (χ4n) is 4.20. The van der Waals surface area contributed by atoms with Gasteiger partial charge in [0.15, 0.2) is 5.41 Å². The summed E-state index contributed by atoms with van der Waals surface area (Å²) in [5.74, 6) is -1.86. The van der Waals surface area contributed by atoms with Gasteiger partial charge in [-0.25, -0.2) is 4.99 Å².